The zero-order valence-corrected chi connectivity index (χ0v) is 12.5. The Morgan fingerprint density at radius 3 is 3.00 bits per heavy atom. The molecule has 0 aliphatic carbocycles. The first-order valence-corrected chi connectivity index (χ1v) is 7.44. The van der Waals surface area contributed by atoms with Crippen molar-refractivity contribution in [3.8, 4) is 5.75 Å². The molecule has 4 heteroatoms. The highest BCUT2D eigenvalue weighted by Crippen LogP contribution is 2.29. The maximum Gasteiger partial charge on any atom is 0.137 e. The molecule has 1 aromatic carbocycles. The Hall–Kier alpha value is -0.930. The summed E-state index contributed by atoms with van der Waals surface area (Å²) in [6, 6.07) is 6.63. The molecule has 3 nitrogen and oxygen atoms in total. The molecule has 1 atom stereocenters. The normalized spacial score (nSPS) is 20.2. The van der Waals surface area contributed by atoms with Crippen molar-refractivity contribution in [3.63, 3.8) is 0 Å². The van der Waals surface area contributed by atoms with Gasteiger partial charge < -0.3 is 15.0 Å². The van der Waals surface area contributed by atoms with Crippen LogP contribution in [0.2, 0.25) is 5.02 Å². The molecule has 1 aliphatic rings. The Balaban J connectivity index is 2.12. The Morgan fingerprint density at radius 2 is 2.32 bits per heavy atom. The summed E-state index contributed by atoms with van der Waals surface area (Å²) in [5.74, 6) is 0.739. The number of nitrogens with one attached hydrogen (secondary N) is 1. The van der Waals surface area contributed by atoms with E-state index in [0.29, 0.717) is 11.1 Å². The van der Waals surface area contributed by atoms with Crippen LogP contribution in [0.1, 0.15) is 26.2 Å². The molecule has 0 saturated carbocycles. The van der Waals surface area contributed by atoms with Gasteiger partial charge in [0.2, 0.25) is 0 Å². The van der Waals surface area contributed by atoms with Crippen molar-refractivity contribution >= 4 is 17.3 Å². The van der Waals surface area contributed by atoms with Gasteiger partial charge in [-0.3, -0.25) is 0 Å². The van der Waals surface area contributed by atoms with Crippen LogP contribution in [-0.4, -0.2) is 32.8 Å². The summed E-state index contributed by atoms with van der Waals surface area (Å²) in [4.78, 5) is 2.42. The van der Waals surface area contributed by atoms with E-state index in [4.69, 9.17) is 16.3 Å². The van der Waals surface area contributed by atoms with Crippen molar-refractivity contribution in [3.05, 3.63) is 23.2 Å². The molecule has 0 aromatic heterocycles. The van der Waals surface area contributed by atoms with Crippen LogP contribution in [0, 0.1) is 0 Å². The summed E-state index contributed by atoms with van der Waals surface area (Å²) in [5, 5.41) is 4.30. The summed E-state index contributed by atoms with van der Waals surface area (Å²) in [5.41, 5.74) is 1.19. The Labute approximate surface area is 120 Å². The summed E-state index contributed by atoms with van der Waals surface area (Å²) >= 11 is 6.22. The lowest BCUT2D eigenvalue weighted by Crippen LogP contribution is -2.37. The maximum atomic E-state index is 6.22. The Morgan fingerprint density at radius 1 is 1.47 bits per heavy atom. The van der Waals surface area contributed by atoms with E-state index in [1.807, 2.05) is 12.1 Å². The maximum absolute atomic E-state index is 6.22. The van der Waals surface area contributed by atoms with E-state index in [1.165, 1.54) is 24.9 Å². The lowest BCUT2D eigenvalue weighted by Gasteiger charge is -2.26. The summed E-state index contributed by atoms with van der Waals surface area (Å²) in [6.45, 7) is 5.47. The van der Waals surface area contributed by atoms with Gasteiger partial charge in [0.05, 0.1) is 12.1 Å². The van der Waals surface area contributed by atoms with Gasteiger partial charge in [-0.1, -0.05) is 24.9 Å². The van der Waals surface area contributed by atoms with Gasteiger partial charge in [0.1, 0.15) is 5.75 Å². The monoisotopic (exact) mass is 282 g/mol. The number of methoxy groups -OCH3 is 1. The standard InChI is InChI=1S/C15H23ClN2O/c1-3-5-12-11-18(9-4-8-17-12)13-6-7-15(19-2)14(16)10-13/h6-7,10,12,17H,3-5,8-9,11H2,1-2H3. The molecule has 0 spiro atoms. The first-order chi connectivity index (χ1) is 9.24. The molecule has 1 saturated heterocycles. The average Bonchev–Trinajstić information content (AvgIpc) is 2.65. The highest BCUT2D eigenvalue weighted by Gasteiger charge is 2.18. The minimum Gasteiger partial charge on any atom is -0.495 e. The quantitative estimate of drug-likeness (QED) is 0.917. The fourth-order valence-corrected chi connectivity index (χ4v) is 2.88. The van der Waals surface area contributed by atoms with Gasteiger partial charge in [0.15, 0.2) is 0 Å². The molecular weight excluding hydrogens is 260 g/mol. The number of anilines is 1. The molecule has 1 fully saturated rings. The van der Waals surface area contributed by atoms with Crippen LogP contribution in [0.5, 0.6) is 5.75 Å². The highest BCUT2D eigenvalue weighted by atomic mass is 35.5. The Bertz CT molecular complexity index is 411. The molecule has 1 heterocycles. The van der Waals surface area contributed by atoms with Gasteiger partial charge in [-0.25, -0.2) is 0 Å². The summed E-state index contributed by atoms with van der Waals surface area (Å²) in [7, 11) is 1.65. The molecular formula is C15H23ClN2O. The number of halogens is 1. The van der Waals surface area contributed by atoms with Gasteiger partial charge in [-0.2, -0.15) is 0 Å². The molecule has 0 bridgehead atoms. The topological polar surface area (TPSA) is 24.5 Å². The molecule has 1 aromatic rings. The van der Waals surface area contributed by atoms with Crippen molar-refractivity contribution in [2.75, 3.05) is 31.6 Å². The number of ether oxygens (including phenoxy) is 1. The largest absolute Gasteiger partial charge is 0.495 e. The zero-order chi connectivity index (χ0) is 13.7. The first kappa shape index (κ1) is 14.5. The van der Waals surface area contributed by atoms with Crippen molar-refractivity contribution in [2.45, 2.75) is 32.2 Å². The third-order valence-corrected chi connectivity index (χ3v) is 3.91. The average molecular weight is 283 g/mol. The number of rotatable bonds is 4. The predicted octanol–water partition coefficient (Wildman–Crippen LogP) is 3.32. The van der Waals surface area contributed by atoms with E-state index in [9.17, 15) is 0 Å². The fourth-order valence-electron chi connectivity index (χ4n) is 2.63. The second kappa shape index (κ2) is 7.01. The SMILES string of the molecule is CCCC1CN(c2ccc(OC)c(Cl)c2)CCCN1. The van der Waals surface area contributed by atoms with Crippen LogP contribution in [0.15, 0.2) is 18.2 Å². The van der Waals surface area contributed by atoms with E-state index in [0.717, 1.165) is 25.4 Å². The number of hydrogen-bond donors (Lipinski definition) is 1. The zero-order valence-electron chi connectivity index (χ0n) is 11.8. The van der Waals surface area contributed by atoms with E-state index < -0.39 is 0 Å². The van der Waals surface area contributed by atoms with Gasteiger partial charge in [-0.15, -0.1) is 0 Å². The van der Waals surface area contributed by atoms with Crippen LogP contribution in [-0.2, 0) is 0 Å². The minimum atomic E-state index is 0.577. The second-order valence-electron chi connectivity index (χ2n) is 5.06. The van der Waals surface area contributed by atoms with Crippen molar-refractivity contribution in [1.29, 1.82) is 0 Å². The van der Waals surface area contributed by atoms with Gasteiger partial charge in [0, 0.05) is 24.8 Å². The molecule has 1 unspecified atom stereocenters. The highest BCUT2D eigenvalue weighted by molar-refractivity contribution is 6.32. The van der Waals surface area contributed by atoms with Crippen LogP contribution >= 0.6 is 11.6 Å². The van der Waals surface area contributed by atoms with Gasteiger partial charge in [0.25, 0.3) is 0 Å². The van der Waals surface area contributed by atoms with Crippen LogP contribution < -0.4 is 15.0 Å². The first-order valence-electron chi connectivity index (χ1n) is 7.06. The Kier molecular flexibility index (Phi) is 5.34. The van der Waals surface area contributed by atoms with Crippen LogP contribution in [0.4, 0.5) is 5.69 Å². The van der Waals surface area contributed by atoms with Crippen molar-refractivity contribution < 1.29 is 4.74 Å². The third kappa shape index (κ3) is 3.77. The minimum absolute atomic E-state index is 0.577. The summed E-state index contributed by atoms with van der Waals surface area (Å²) in [6.07, 6.45) is 3.61. The smallest absolute Gasteiger partial charge is 0.137 e. The molecule has 1 aliphatic heterocycles. The molecule has 19 heavy (non-hydrogen) atoms. The molecule has 106 valence electrons. The lowest BCUT2D eigenvalue weighted by molar-refractivity contribution is 0.415. The van der Waals surface area contributed by atoms with Crippen LogP contribution in [0.3, 0.4) is 0 Å². The molecule has 1 N–H and O–H groups in total. The van der Waals surface area contributed by atoms with Crippen molar-refractivity contribution in [1.82, 2.24) is 5.32 Å². The summed E-state index contributed by atoms with van der Waals surface area (Å²) < 4.78 is 5.21. The molecule has 0 amide bonds. The van der Waals surface area contributed by atoms with E-state index in [-0.39, 0.29) is 0 Å². The lowest BCUT2D eigenvalue weighted by atomic mass is 10.1. The fraction of sp³-hybridized carbons (Fsp3) is 0.600. The predicted molar refractivity (Wildman–Crippen MR) is 81.5 cm³/mol. The van der Waals surface area contributed by atoms with Crippen molar-refractivity contribution in [2.24, 2.45) is 0 Å². The molecule has 2 rings (SSSR count). The number of nitrogens with zero attached hydrogens (tertiary/aromatic N) is 1. The number of benzene rings is 1. The van der Waals surface area contributed by atoms with E-state index in [1.54, 1.807) is 7.11 Å². The van der Waals surface area contributed by atoms with E-state index in [2.05, 4.69) is 23.2 Å². The second-order valence-corrected chi connectivity index (χ2v) is 5.47. The third-order valence-electron chi connectivity index (χ3n) is 3.62. The van der Waals surface area contributed by atoms with Crippen LogP contribution in [0.25, 0.3) is 0 Å². The van der Waals surface area contributed by atoms with E-state index >= 15 is 0 Å². The van der Waals surface area contributed by atoms with Gasteiger partial charge in [-0.05, 0) is 37.6 Å². The molecule has 0 radical (unpaired) electrons. The number of hydrogen-bond acceptors (Lipinski definition) is 3. The van der Waals surface area contributed by atoms with Gasteiger partial charge >= 0.3 is 0 Å².